The number of carboxylic acid groups (broad SMARTS) is 1. The first kappa shape index (κ1) is 24.5. The van der Waals surface area contributed by atoms with Gasteiger partial charge in [0, 0.05) is 23.1 Å². The second-order valence-corrected chi connectivity index (χ2v) is 9.61. The maximum atomic E-state index is 13.6. The van der Waals surface area contributed by atoms with Crippen molar-refractivity contribution in [3.05, 3.63) is 54.2 Å². The van der Waals surface area contributed by atoms with Crippen molar-refractivity contribution in [2.45, 2.75) is 26.7 Å². The van der Waals surface area contributed by atoms with Gasteiger partial charge in [0.15, 0.2) is 5.13 Å². The minimum absolute atomic E-state index is 0.0496. The topological polar surface area (TPSA) is 106 Å². The Hall–Kier alpha value is -3.59. The second kappa shape index (κ2) is 10.8. The summed E-state index contributed by atoms with van der Waals surface area (Å²) < 4.78 is 5.11. The fourth-order valence-electron chi connectivity index (χ4n) is 4.41. The first-order valence-electron chi connectivity index (χ1n) is 11.5. The van der Waals surface area contributed by atoms with Gasteiger partial charge in [-0.1, -0.05) is 50.3 Å². The molecular formula is C26H28N4O4S. The smallest absolute Gasteiger partial charge is 0.304 e. The number of nitrogens with zero attached hydrogens (tertiary/aromatic N) is 4. The van der Waals surface area contributed by atoms with E-state index < -0.39 is 11.9 Å². The molecule has 1 aliphatic rings. The van der Waals surface area contributed by atoms with Gasteiger partial charge in [0.05, 0.1) is 43.2 Å². The van der Waals surface area contributed by atoms with E-state index >= 15 is 0 Å². The predicted octanol–water partition coefficient (Wildman–Crippen LogP) is 4.93. The lowest BCUT2D eigenvalue weighted by molar-refractivity contribution is -0.142. The lowest BCUT2D eigenvalue weighted by atomic mass is 9.78. The summed E-state index contributed by atoms with van der Waals surface area (Å²) in [7, 11) is 1.54. The van der Waals surface area contributed by atoms with Crippen LogP contribution in [0, 0.1) is 17.8 Å². The number of allylic oxidation sites excluding steroid dienone is 1. The van der Waals surface area contributed by atoms with E-state index in [1.54, 1.807) is 24.4 Å². The summed E-state index contributed by atoms with van der Waals surface area (Å²) in [5.74, 6) is -1.20. The van der Waals surface area contributed by atoms with E-state index in [4.69, 9.17) is 9.72 Å². The Morgan fingerprint density at radius 1 is 1.17 bits per heavy atom. The number of thiazole rings is 1. The van der Waals surface area contributed by atoms with E-state index in [2.05, 4.69) is 9.97 Å². The summed E-state index contributed by atoms with van der Waals surface area (Å²) in [5, 5.41) is 12.0. The molecule has 1 aromatic carbocycles. The zero-order chi connectivity index (χ0) is 24.9. The number of benzene rings is 1. The lowest BCUT2D eigenvalue weighted by Crippen LogP contribution is -2.42. The van der Waals surface area contributed by atoms with Crippen LogP contribution in [0.25, 0.3) is 22.5 Å². The number of amides is 1. The highest BCUT2D eigenvalue weighted by atomic mass is 32.1. The zero-order valence-electron chi connectivity index (χ0n) is 19.9. The number of hydrogen-bond donors (Lipinski definition) is 1. The molecule has 3 heterocycles. The van der Waals surface area contributed by atoms with Gasteiger partial charge in [-0.05, 0) is 18.3 Å². The lowest BCUT2D eigenvalue weighted by Gasteiger charge is -2.33. The monoisotopic (exact) mass is 492 g/mol. The van der Waals surface area contributed by atoms with Gasteiger partial charge < -0.3 is 9.84 Å². The molecule has 0 spiro atoms. The maximum absolute atomic E-state index is 13.6. The van der Waals surface area contributed by atoms with E-state index in [0.717, 1.165) is 11.1 Å². The molecule has 0 radical (unpaired) electrons. The number of methoxy groups -OCH3 is 1. The van der Waals surface area contributed by atoms with Crippen molar-refractivity contribution in [3.63, 3.8) is 0 Å². The number of aromatic nitrogens is 3. The number of ether oxygens (including phenoxy) is 1. The van der Waals surface area contributed by atoms with E-state index in [-0.39, 0.29) is 24.2 Å². The fraction of sp³-hybridized carbons (Fsp3) is 0.346. The number of carbonyl (C=O) groups excluding carboxylic acids is 1. The van der Waals surface area contributed by atoms with Crippen LogP contribution in [-0.4, -0.2) is 45.6 Å². The van der Waals surface area contributed by atoms with Gasteiger partial charge in [0.25, 0.3) is 0 Å². The highest BCUT2D eigenvalue weighted by molar-refractivity contribution is 7.14. The van der Waals surface area contributed by atoms with Gasteiger partial charge in [-0.15, -0.1) is 11.3 Å². The third-order valence-electron chi connectivity index (χ3n) is 6.25. The largest absolute Gasteiger partial charge is 0.481 e. The first-order chi connectivity index (χ1) is 16.9. The third-order valence-corrected chi connectivity index (χ3v) is 7.12. The predicted molar refractivity (Wildman–Crippen MR) is 135 cm³/mol. The molecule has 0 saturated heterocycles. The van der Waals surface area contributed by atoms with Crippen LogP contribution in [0.2, 0.25) is 0 Å². The van der Waals surface area contributed by atoms with Gasteiger partial charge in [-0.3, -0.25) is 14.5 Å². The molecule has 35 heavy (non-hydrogen) atoms. The quantitative estimate of drug-likeness (QED) is 0.466. The highest BCUT2D eigenvalue weighted by Gasteiger charge is 2.36. The van der Waals surface area contributed by atoms with Crippen LogP contribution in [0.4, 0.5) is 5.13 Å². The molecule has 0 aliphatic carbocycles. The van der Waals surface area contributed by atoms with Crippen molar-refractivity contribution >= 4 is 28.3 Å². The van der Waals surface area contributed by atoms with Crippen LogP contribution in [-0.2, 0) is 9.59 Å². The van der Waals surface area contributed by atoms with Gasteiger partial charge in [-0.2, -0.15) is 0 Å². The molecule has 1 amide bonds. The van der Waals surface area contributed by atoms with Crippen LogP contribution >= 0.6 is 11.3 Å². The Bertz CT molecular complexity index is 1220. The molecule has 1 aliphatic heterocycles. The number of anilines is 1. The van der Waals surface area contributed by atoms with E-state index in [1.807, 2.05) is 55.6 Å². The van der Waals surface area contributed by atoms with Crippen LogP contribution in [0.5, 0.6) is 5.88 Å². The molecule has 4 rings (SSSR count). The summed E-state index contributed by atoms with van der Waals surface area (Å²) in [6, 6.07) is 7.75. The van der Waals surface area contributed by atoms with E-state index in [0.29, 0.717) is 35.4 Å². The number of carbonyl (C=O) groups is 2. The molecule has 2 atom stereocenters. The Balaban J connectivity index is 1.68. The second-order valence-electron chi connectivity index (χ2n) is 8.77. The Kier molecular flexibility index (Phi) is 7.55. The number of aliphatic carboxylic acids is 1. The normalized spacial score (nSPS) is 18.4. The van der Waals surface area contributed by atoms with Crippen molar-refractivity contribution in [3.8, 4) is 28.4 Å². The van der Waals surface area contributed by atoms with Crippen LogP contribution in [0.1, 0.15) is 26.7 Å². The molecular weight excluding hydrogens is 464 g/mol. The average molecular weight is 493 g/mol. The molecule has 9 heteroatoms. The summed E-state index contributed by atoms with van der Waals surface area (Å²) >= 11 is 1.37. The Morgan fingerprint density at radius 2 is 1.91 bits per heavy atom. The van der Waals surface area contributed by atoms with Crippen LogP contribution in [0.15, 0.2) is 54.2 Å². The first-order valence-corrected chi connectivity index (χ1v) is 12.4. The number of rotatable bonds is 7. The molecule has 0 unspecified atom stereocenters. The van der Waals surface area contributed by atoms with Crippen molar-refractivity contribution in [1.29, 1.82) is 0 Å². The molecule has 0 fully saturated rings. The van der Waals surface area contributed by atoms with Crippen molar-refractivity contribution in [2.75, 3.05) is 18.6 Å². The van der Waals surface area contributed by atoms with Gasteiger partial charge in [0.2, 0.25) is 11.8 Å². The number of hydrogen-bond acceptors (Lipinski definition) is 7. The van der Waals surface area contributed by atoms with Crippen LogP contribution in [0.3, 0.4) is 0 Å². The minimum Gasteiger partial charge on any atom is -0.481 e. The third kappa shape index (κ3) is 5.40. The highest BCUT2D eigenvalue weighted by Crippen LogP contribution is 2.37. The molecule has 0 bridgehead atoms. The van der Waals surface area contributed by atoms with E-state index in [9.17, 15) is 14.7 Å². The standard InChI is InChI=1S/C26H28N4O4S/c1-16(2)17-8-6-7-11-30(25(33)20(17)12-24(31)32)26-29-22(15-35-26)19-10-5-4-9-18(19)21-13-28-23(34-3)14-27-21/h4-7,9-10,13-17,20H,8,11-12H2,1-3H3,(H,31,32)/t17-,20+/m1/s1. The van der Waals surface area contributed by atoms with Crippen LogP contribution < -0.4 is 9.64 Å². The molecule has 182 valence electrons. The fourth-order valence-corrected chi connectivity index (χ4v) is 5.25. The maximum Gasteiger partial charge on any atom is 0.304 e. The van der Waals surface area contributed by atoms with Crippen molar-refractivity contribution < 1.29 is 19.4 Å². The number of carboxylic acids is 1. The summed E-state index contributed by atoms with van der Waals surface area (Å²) in [6.07, 6.45) is 7.73. The average Bonchev–Trinajstić information content (AvgIpc) is 3.33. The Labute approximate surface area is 208 Å². The SMILES string of the molecule is COc1cnc(-c2ccccc2-c2csc(N3CC=CC[C@H](C(C)C)[C@H](CC(=O)O)C3=O)n2)cn1. The van der Waals surface area contributed by atoms with Gasteiger partial charge >= 0.3 is 5.97 Å². The van der Waals surface area contributed by atoms with Gasteiger partial charge in [-0.25, -0.2) is 15.0 Å². The van der Waals surface area contributed by atoms with Crippen molar-refractivity contribution in [1.82, 2.24) is 15.0 Å². The molecule has 0 saturated carbocycles. The Morgan fingerprint density at radius 3 is 2.54 bits per heavy atom. The van der Waals surface area contributed by atoms with E-state index in [1.165, 1.54) is 11.3 Å². The summed E-state index contributed by atoms with van der Waals surface area (Å²) in [4.78, 5) is 40.3. The minimum atomic E-state index is -0.965. The molecule has 1 N–H and O–H groups in total. The summed E-state index contributed by atoms with van der Waals surface area (Å²) in [5.41, 5.74) is 3.13. The molecule has 8 nitrogen and oxygen atoms in total. The molecule has 3 aromatic rings. The van der Waals surface area contributed by atoms with Crippen molar-refractivity contribution in [2.24, 2.45) is 17.8 Å². The summed E-state index contributed by atoms with van der Waals surface area (Å²) in [6.45, 7) is 4.43. The van der Waals surface area contributed by atoms with Gasteiger partial charge in [0.1, 0.15) is 0 Å². The zero-order valence-corrected chi connectivity index (χ0v) is 20.7. The molecule has 2 aromatic heterocycles.